The molecule has 0 saturated heterocycles. The van der Waals surface area contributed by atoms with Crippen LogP contribution in [0.25, 0.3) is 0 Å². The molecular weight excluding hydrogens is 150 g/mol. The maximum Gasteiger partial charge on any atom is 0.0521 e. The van der Waals surface area contributed by atoms with Gasteiger partial charge < -0.3 is 5.32 Å². The molecule has 0 amide bonds. The summed E-state index contributed by atoms with van der Waals surface area (Å²) in [5.74, 6) is 0. The molecule has 1 aromatic heterocycles. The summed E-state index contributed by atoms with van der Waals surface area (Å²) in [6, 6.07) is 2.03. The third-order valence-electron chi connectivity index (χ3n) is 1.46. The van der Waals surface area contributed by atoms with Crippen molar-refractivity contribution in [1.29, 1.82) is 0 Å². The number of aromatic nitrogens is 2. The van der Waals surface area contributed by atoms with Crippen molar-refractivity contribution in [2.24, 2.45) is 0 Å². The molecule has 0 bridgehead atoms. The summed E-state index contributed by atoms with van der Waals surface area (Å²) in [4.78, 5) is 0. The van der Waals surface area contributed by atoms with E-state index in [0.717, 1.165) is 13.1 Å². The van der Waals surface area contributed by atoms with Gasteiger partial charge in [0.1, 0.15) is 0 Å². The van der Waals surface area contributed by atoms with Crippen LogP contribution in [-0.2, 0) is 13.1 Å². The van der Waals surface area contributed by atoms with Crippen molar-refractivity contribution in [3.8, 4) is 0 Å². The average Bonchev–Trinajstić information content (AvgIpc) is 2.56. The molecular formula is C9H19N3. The lowest BCUT2D eigenvalue weighted by atomic mass is 10.4. The van der Waals surface area contributed by atoms with Gasteiger partial charge in [0.2, 0.25) is 0 Å². The summed E-state index contributed by atoms with van der Waals surface area (Å²) in [5, 5.41) is 7.21. The summed E-state index contributed by atoms with van der Waals surface area (Å²) >= 11 is 0. The van der Waals surface area contributed by atoms with Gasteiger partial charge in [-0.1, -0.05) is 13.8 Å². The minimum Gasteiger partial charge on any atom is -0.314 e. The molecule has 70 valence electrons. The van der Waals surface area contributed by atoms with Gasteiger partial charge in [0.05, 0.1) is 5.69 Å². The molecule has 0 spiro atoms. The summed E-state index contributed by atoms with van der Waals surface area (Å²) in [6.45, 7) is 7.93. The van der Waals surface area contributed by atoms with Crippen LogP contribution in [-0.4, -0.2) is 16.8 Å². The number of aryl methyl sites for hydroxylation is 1. The highest BCUT2D eigenvalue weighted by Crippen LogP contribution is 1.96. The first-order chi connectivity index (χ1) is 5.88. The lowest BCUT2D eigenvalue weighted by Gasteiger charge is -2.01. The lowest BCUT2D eigenvalue weighted by Crippen LogP contribution is -2.11. The predicted molar refractivity (Wildman–Crippen MR) is 52.0 cm³/mol. The monoisotopic (exact) mass is 169 g/mol. The molecule has 0 radical (unpaired) electrons. The van der Waals surface area contributed by atoms with E-state index in [-0.39, 0.29) is 0 Å². The van der Waals surface area contributed by atoms with Crippen LogP contribution in [0.1, 0.15) is 26.5 Å². The van der Waals surface area contributed by atoms with Crippen molar-refractivity contribution >= 4 is 0 Å². The zero-order chi connectivity index (χ0) is 9.40. The van der Waals surface area contributed by atoms with Gasteiger partial charge >= 0.3 is 0 Å². The fourth-order valence-electron chi connectivity index (χ4n) is 0.976. The number of hydrogen-bond donors (Lipinski definition) is 1. The second-order valence-corrected chi connectivity index (χ2v) is 2.17. The van der Waals surface area contributed by atoms with Crippen molar-refractivity contribution in [2.45, 2.75) is 33.9 Å². The van der Waals surface area contributed by atoms with Gasteiger partial charge in [0.15, 0.2) is 0 Å². The van der Waals surface area contributed by atoms with Gasteiger partial charge in [-0.2, -0.15) is 5.10 Å². The van der Waals surface area contributed by atoms with Crippen molar-refractivity contribution in [2.75, 3.05) is 7.05 Å². The average molecular weight is 169 g/mol. The van der Waals surface area contributed by atoms with E-state index in [1.165, 1.54) is 5.69 Å². The van der Waals surface area contributed by atoms with Gasteiger partial charge in [0, 0.05) is 19.3 Å². The van der Waals surface area contributed by atoms with E-state index in [2.05, 4.69) is 17.3 Å². The number of rotatable bonds is 3. The van der Waals surface area contributed by atoms with Gasteiger partial charge in [-0.05, 0) is 20.0 Å². The Morgan fingerprint density at radius 1 is 1.50 bits per heavy atom. The van der Waals surface area contributed by atoms with Gasteiger partial charge in [-0.25, -0.2) is 0 Å². The molecule has 3 nitrogen and oxygen atoms in total. The quantitative estimate of drug-likeness (QED) is 0.745. The normalized spacial score (nSPS) is 9.00. The molecule has 0 fully saturated rings. The third kappa shape index (κ3) is 3.05. The molecule has 1 N–H and O–H groups in total. The van der Waals surface area contributed by atoms with Crippen molar-refractivity contribution in [1.82, 2.24) is 15.1 Å². The molecule has 0 aliphatic carbocycles. The van der Waals surface area contributed by atoms with Crippen LogP contribution in [0, 0.1) is 0 Å². The maximum absolute atomic E-state index is 4.13. The van der Waals surface area contributed by atoms with E-state index in [1.807, 2.05) is 37.8 Å². The molecule has 0 unspecified atom stereocenters. The Labute approximate surface area is 74.8 Å². The van der Waals surface area contributed by atoms with E-state index in [9.17, 15) is 0 Å². The van der Waals surface area contributed by atoms with Gasteiger partial charge in [-0.15, -0.1) is 0 Å². The first-order valence-corrected chi connectivity index (χ1v) is 4.53. The molecule has 0 saturated carbocycles. The second-order valence-electron chi connectivity index (χ2n) is 2.17. The van der Waals surface area contributed by atoms with Crippen molar-refractivity contribution in [3.05, 3.63) is 18.0 Å². The maximum atomic E-state index is 4.13. The molecule has 12 heavy (non-hydrogen) atoms. The number of nitrogens with zero attached hydrogens (tertiary/aromatic N) is 2. The highest BCUT2D eigenvalue weighted by Gasteiger charge is 1.96. The van der Waals surface area contributed by atoms with E-state index < -0.39 is 0 Å². The second kappa shape index (κ2) is 6.85. The highest BCUT2D eigenvalue weighted by molar-refractivity contribution is 4.99. The number of nitrogens with one attached hydrogen (secondary N) is 1. The van der Waals surface area contributed by atoms with Gasteiger partial charge in [0.25, 0.3) is 0 Å². The standard InChI is InChI=1S/C7H13N3.C2H6/c1-3-10-7(6-8-2)4-5-9-10;1-2/h4-5,8H,3,6H2,1-2H3;1-2H3. The van der Waals surface area contributed by atoms with Crippen molar-refractivity contribution in [3.63, 3.8) is 0 Å². The van der Waals surface area contributed by atoms with Crippen LogP contribution in [0.2, 0.25) is 0 Å². The molecule has 1 heterocycles. The van der Waals surface area contributed by atoms with Crippen LogP contribution in [0.15, 0.2) is 12.3 Å². The smallest absolute Gasteiger partial charge is 0.0521 e. The highest BCUT2D eigenvalue weighted by atomic mass is 15.3. The SMILES string of the molecule is CC.CCn1nccc1CNC. The largest absolute Gasteiger partial charge is 0.314 e. The molecule has 1 aromatic rings. The summed E-state index contributed by atoms with van der Waals surface area (Å²) < 4.78 is 1.98. The Morgan fingerprint density at radius 3 is 2.67 bits per heavy atom. The van der Waals surface area contributed by atoms with Crippen LogP contribution in [0.5, 0.6) is 0 Å². The minimum atomic E-state index is 0.897. The van der Waals surface area contributed by atoms with Crippen LogP contribution < -0.4 is 5.32 Å². The molecule has 0 atom stereocenters. The molecule has 0 aromatic carbocycles. The molecule has 0 aliphatic heterocycles. The van der Waals surface area contributed by atoms with Gasteiger partial charge in [-0.3, -0.25) is 4.68 Å². The fourth-order valence-corrected chi connectivity index (χ4v) is 0.976. The fraction of sp³-hybridized carbons (Fsp3) is 0.667. The summed E-state index contributed by atoms with van der Waals surface area (Å²) in [7, 11) is 1.94. The van der Waals surface area contributed by atoms with E-state index >= 15 is 0 Å². The third-order valence-corrected chi connectivity index (χ3v) is 1.46. The summed E-state index contributed by atoms with van der Waals surface area (Å²) in [5.41, 5.74) is 1.24. The van der Waals surface area contributed by atoms with Crippen LogP contribution in [0.3, 0.4) is 0 Å². The first kappa shape index (κ1) is 11.2. The predicted octanol–water partition coefficient (Wildman–Crippen LogP) is 1.65. The van der Waals surface area contributed by atoms with Crippen molar-refractivity contribution < 1.29 is 0 Å². The Kier molecular flexibility index (Phi) is 6.38. The minimum absolute atomic E-state index is 0.897. The zero-order valence-corrected chi connectivity index (χ0v) is 8.46. The molecule has 0 aliphatic rings. The lowest BCUT2D eigenvalue weighted by molar-refractivity contribution is 0.603. The molecule has 3 heteroatoms. The summed E-state index contributed by atoms with van der Waals surface area (Å²) in [6.07, 6.45) is 1.83. The van der Waals surface area contributed by atoms with E-state index in [0.29, 0.717) is 0 Å². The zero-order valence-electron chi connectivity index (χ0n) is 8.46. The van der Waals surface area contributed by atoms with E-state index in [1.54, 1.807) is 0 Å². The van der Waals surface area contributed by atoms with Crippen LogP contribution in [0.4, 0.5) is 0 Å². The Balaban J connectivity index is 0.000000561. The molecule has 1 rings (SSSR count). The van der Waals surface area contributed by atoms with E-state index in [4.69, 9.17) is 0 Å². The Hall–Kier alpha value is -0.830. The Morgan fingerprint density at radius 2 is 2.17 bits per heavy atom. The topological polar surface area (TPSA) is 29.9 Å². The van der Waals surface area contributed by atoms with Crippen LogP contribution >= 0.6 is 0 Å². The number of hydrogen-bond acceptors (Lipinski definition) is 2. The first-order valence-electron chi connectivity index (χ1n) is 4.53. The Bertz CT molecular complexity index is 193.